The van der Waals surface area contributed by atoms with Crippen LogP contribution in [0.2, 0.25) is 0 Å². The monoisotopic (exact) mass is 492 g/mol. The van der Waals surface area contributed by atoms with Gasteiger partial charge in [-0.1, -0.05) is 6.07 Å². The molecular formula is C23H21F3N3O6+. The van der Waals surface area contributed by atoms with Crippen molar-refractivity contribution in [1.82, 2.24) is 9.55 Å². The third kappa shape index (κ3) is 3.60. The van der Waals surface area contributed by atoms with Gasteiger partial charge in [0.25, 0.3) is 5.56 Å². The highest BCUT2D eigenvalue weighted by atomic mass is 19.4. The molecule has 2 aliphatic rings. The number of halogens is 3. The quantitative estimate of drug-likeness (QED) is 0.507. The Morgan fingerprint density at radius 3 is 2.69 bits per heavy atom. The number of ether oxygens (including phenoxy) is 3. The Labute approximate surface area is 195 Å². The largest absolute Gasteiger partial charge is 0.494 e. The number of methoxy groups -OCH3 is 1. The third-order valence-electron chi connectivity index (χ3n) is 6.36. The van der Waals surface area contributed by atoms with E-state index in [2.05, 4.69) is 4.98 Å². The standard InChI is InChI=1S/C23H20F3N3O6/c1-28-7-6-11-8-14-18(35-10-34-14)19(33-2)15(11)17(28)16-20(30)27-22(32)29(21(16)31)13-5-3-4-12(9-13)23(24,25)26/h3-5,8-9,17,31H,6-7,10H2,1-2H3,(H,27,30,32)/p+1/t17-/m1/s1. The summed E-state index contributed by atoms with van der Waals surface area (Å²) in [6.45, 7) is 0.552. The number of likely N-dealkylation sites (N-methyl/N-ethyl adjacent to an activating group) is 1. The summed E-state index contributed by atoms with van der Waals surface area (Å²) < 4.78 is 57.2. The van der Waals surface area contributed by atoms with Crippen molar-refractivity contribution in [2.45, 2.75) is 18.6 Å². The maximum atomic E-state index is 13.3. The molecule has 3 heterocycles. The molecule has 5 rings (SSSR count). The van der Waals surface area contributed by atoms with Crippen molar-refractivity contribution >= 4 is 0 Å². The lowest BCUT2D eigenvalue weighted by atomic mass is 9.87. The minimum atomic E-state index is -4.66. The topological polar surface area (TPSA) is 107 Å². The molecule has 2 atom stereocenters. The highest BCUT2D eigenvalue weighted by Gasteiger charge is 2.41. The zero-order valence-corrected chi connectivity index (χ0v) is 18.7. The second-order valence-electron chi connectivity index (χ2n) is 8.38. The molecule has 0 radical (unpaired) electrons. The van der Waals surface area contributed by atoms with Gasteiger partial charge in [0.15, 0.2) is 17.5 Å². The summed E-state index contributed by atoms with van der Waals surface area (Å²) in [5, 5.41) is 11.2. The van der Waals surface area contributed by atoms with Crippen molar-refractivity contribution in [3.8, 4) is 28.8 Å². The molecule has 0 spiro atoms. The van der Waals surface area contributed by atoms with Gasteiger partial charge in [-0.2, -0.15) is 13.2 Å². The summed E-state index contributed by atoms with van der Waals surface area (Å²) in [6.07, 6.45) is -4.06. The fraction of sp³-hybridized carbons (Fsp3) is 0.304. The summed E-state index contributed by atoms with van der Waals surface area (Å²) in [7, 11) is 3.24. The van der Waals surface area contributed by atoms with Crippen LogP contribution in [-0.2, 0) is 12.6 Å². The molecule has 184 valence electrons. The summed E-state index contributed by atoms with van der Waals surface area (Å²) in [5.74, 6) is 0.420. The van der Waals surface area contributed by atoms with Crippen LogP contribution in [0.3, 0.4) is 0 Å². The number of H-pyrrole nitrogens is 1. The average molecular weight is 492 g/mol. The Morgan fingerprint density at radius 1 is 1.20 bits per heavy atom. The van der Waals surface area contributed by atoms with Crippen molar-refractivity contribution in [2.24, 2.45) is 0 Å². The van der Waals surface area contributed by atoms with E-state index in [0.29, 0.717) is 40.3 Å². The van der Waals surface area contributed by atoms with E-state index in [1.165, 1.54) is 13.2 Å². The number of hydrogen-bond donors (Lipinski definition) is 3. The first-order chi connectivity index (χ1) is 16.6. The Balaban J connectivity index is 1.76. The lowest BCUT2D eigenvalue weighted by Gasteiger charge is -2.33. The van der Waals surface area contributed by atoms with Gasteiger partial charge in [-0.3, -0.25) is 9.78 Å². The second-order valence-corrected chi connectivity index (χ2v) is 8.38. The van der Waals surface area contributed by atoms with Gasteiger partial charge < -0.3 is 24.2 Å². The first kappa shape index (κ1) is 22.8. The highest BCUT2D eigenvalue weighted by Crippen LogP contribution is 2.48. The molecule has 1 unspecified atom stereocenters. The van der Waals surface area contributed by atoms with Crippen LogP contribution in [0.25, 0.3) is 5.69 Å². The molecule has 0 amide bonds. The second kappa shape index (κ2) is 8.08. The van der Waals surface area contributed by atoms with Crippen LogP contribution in [0.4, 0.5) is 13.2 Å². The molecule has 2 aromatic carbocycles. The molecule has 0 saturated heterocycles. The molecule has 3 aromatic rings. The van der Waals surface area contributed by atoms with Crippen LogP contribution in [0.5, 0.6) is 23.1 Å². The zero-order valence-electron chi connectivity index (χ0n) is 18.7. The first-order valence-corrected chi connectivity index (χ1v) is 10.7. The number of aromatic nitrogens is 2. The van der Waals surface area contributed by atoms with E-state index in [0.717, 1.165) is 28.7 Å². The van der Waals surface area contributed by atoms with Gasteiger partial charge in [-0.25, -0.2) is 9.36 Å². The number of alkyl halides is 3. The van der Waals surface area contributed by atoms with Crippen LogP contribution < -0.4 is 30.4 Å². The number of benzene rings is 2. The SMILES string of the molecule is COc1c2c(cc3c1[C@H](c1c(O)n(-c4cccc(C(F)(F)F)c4)c(=O)[nH]c1=O)[NH+](C)CC3)OCO2. The Hall–Kier alpha value is -3.93. The molecular weight excluding hydrogens is 471 g/mol. The van der Waals surface area contributed by atoms with Gasteiger partial charge in [0.2, 0.25) is 18.4 Å². The Kier molecular flexibility index (Phi) is 5.28. The molecule has 0 aliphatic carbocycles. The van der Waals surface area contributed by atoms with Gasteiger partial charge in [0, 0.05) is 6.42 Å². The predicted molar refractivity (Wildman–Crippen MR) is 116 cm³/mol. The number of fused-ring (bicyclic) bond motifs is 2. The predicted octanol–water partition coefficient (Wildman–Crippen LogP) is 1.15. The third-order valence-corrected chi connectivity index (χ3v) is 6.36. The van der Waals surface area contributed by atoms with Gasteiger partial charge in [-0.15, -0.1) is 0 Å². The van der Waals surface area contributed by atoms with Crippen molar-refractivity contribution < 1.29 is 37.4 Å². The molecule has 9 nitrogen and oxygen atoms in total. The summed E-state index contributed by atoms with van der Waals surface area (Å²) in [6, 6.07) is 4.90. The number of nitrogens with one attached hydrogen (secondary N) is 2. The van der Waals surface area contributed by atoms with Crippen LogP contribution in [0.1, 0.15) is 28.3 Å². The fourth-order valence-electron chi connectivity index (χ4n) is 4.78. The number of nitrogens with zero attached hydrogens (tertiary/aromatic N) is 1. The number of aromatic amines is 1. The fourth-order valence-corrected chi connectivity index (χ4v) is 4.78. The number of quaternary nitrogens is 1. The smallest absolute Gasteiger partial charge is 0.416 e. The van der Waals surface area contributed by atoms with Crippen molar-refractivity contribution in [1.29, 1.82) is 0 Å². The molecule has 12 heteroatoms. The van der Waals surface area contributed by atoms with Crippen LogP contribution in [-0.4, -0.2) is 42.2 Å². The van der Waals surface area contributed by atoms with E-state index in [1.807, 2.05) is 0 Å². The van der Waals surface area contributed by atoms with Gasteiger partial charge in [-0.05, 0) is 29.8 Å². The molecule has 0 bridgehead atoms. The summed E-state index contributed by atoms with van der Waals surface area (Å²) in [4.78, 5) is 28.6. The van der Waals surface area contributed by atoms with Crippen molar-refractivity contribution in [3.05, 3.63) is 73.4 Å². The van der Waals surface area contributed by atoms with E-state index in [-0.39, 0.29) is 18.0 Å². The zero-order chi connectivity index (χ0) is 25.1. The highest BCUT2D eigenvalue weighted by molar-refractivity contribution is 5.63. The number of hydrogen-bond acceptors (Lipinski definition) is 6. The number of aromatic hydroxyl groups is 1. The number of rotatable bonds is 3. The Morgan fingerprint density at radius 2 is 1.97 bits per heavy atom. The van der Waals surface area contributed by atoms with Crippen LogP contribution in [0, 0.1) is 0 Å². The van der Waals surface area contributed by atoms with Crippen LogP contribution >= 0.6 is 0 Å². The maximum absolute atomic E-state index is 13.3. The van der Waals surface area contributed by atoms with E-state index in [4.69, 9.17) is 14.2 Å². The lowest BCUT2D eigenvalue weighted by molar-refractivity contribution is -0.908. The Bertz CT molecular complexity index is 1450. The average Bonchev–Trinajstić information content (AvgIpc) is 3.26. The van der Waals surface area contributed by atoms with Crippen molar-refractivity contribution in [3.63, 3.8) is 0 Å². The molecule has 2 aliphatic heterocycles. The minimum absolute atomic E-state index is 0.00575. The van der Waals surface area contributed by atoms with Crippen molar-refractivity contribution in [2.75, 3.05) is 27.5 Å². The molecule has 1 aromatic heterocycles. The maximum Gasteiger partial charge on any atom is 0.416 e. The van der Waals surface area contributed by atoms with E-state index < -0.39 is 34.9 Å². The first-order valence-electron chi connectivity index (χ1n) is 10.7. The van der Waals surface area contributed by atoms with E-state index in [1.54, 1.807) is 13.1 Å². The molecule has 35 heavy (non-hydrogen) atoms. The van der Waals surface area contributed by atoms with Gasteiger partial charge in [0.05, 0.1) is 37.5 Å². The van der Waals surface area contributed by atoms with Crippen LogP contribution in [0.15, 0.2) is 39.9 Å². The minimum Gasteiger partial charge on any atom is -0.494 e. The normalized spacial score (nSPS) is 18.9. The molecule has 0 fully saturated rings. The summed E-state index contributed by atoms with van der Waals surface area (Å²) >= 11 is 0. The van der Waals surface area contributed by atoms with E-state index >= 15 is 0 Å². The molecule has 3 N–H and O–H groups in total. The molecule has 0 saturated carbocycles. The van der Waals surface area contributed by atoms with Gasteiger partial charge in [0.1, 0.15) is 5.56 Å². The van der Waals surface area contributed by atoms with E-state index in [9.17, 15) is 27.9 Å². The lowest BCUT2D eigenvalue weighted by Crippen LogP contribution is -3.10. The van der Waals surface area contributed by atoms with Gasteiger partial charge >= 0.3 is 11.9 Å². The summed E-state index contributed by atoms with van der Waals surface area (Å²) in [5.41, 5.74) is -1.99.